The van der Waals surface area contributed by atoms with Gasteiger partial charge in [-0.25, -0.2) is 0 Å². The summed E-state index contributed by atoms with van der Waals surface area (Å²) in [5.41, 5.74) is 0. The average Bonchev–Trinajstić information content (AvgIpc) is 2.49. The van der Waals surface area contributed by atoms with E-state index < -0.39 is 0 Å². The first kappa shape index (κ1) is 21.0. The van der Waals surface area contributed by atoms with Crippen LogP contribution in [0.3, 0.4) is 0 Å². The molecule has 0 aliphatic rings. The number of hydrogen-bond acceptors (Lipinski definition) is 0. The molecule has 0 aromatic heterocycles. The molecule has 0 aliphatic carbocycles. The van der Waals surface area contributed by atoms with Gasteiger partial charge >= 0.3 is 0 Å². The second-order valence-electron chi connectivity index (χ2n) is 7.29. The van der Waals surface area contributed by atoms with E-state index in [1.807, 2.05) is 0 Å². The molecule has 2 atom stereocenters. The molecule has 0 spiro atoms. The fraction of sp³-hybridized carbons (Fsp3) is 1.00. The summed E-state index contributed by atoms with van der Waals surface area (Å²) in [6, 6.07) is 0. The lowest BCUT2D eigenvalue weighted by Gasteiger charge is -2.23. The number of unbranched alkanes of at least 4 members (excludes halogenated alkanes) is 9. The van der Waals surface area contributed by atoms with Crippen LogP contribution in [-0.4, -0.2) is 0 Å². The van der Waals surface area contributed by atoms with E-state index in [4.69, 9.17) is 0 Å². The molecule has 0 aliphatic heterocycles. The Hall–Kier alpha value is 0. The van der Waals surface area contributed by atoms with Gasteiger partial charge in [0.15, 0.2) is 0 Å². The van der Waals surface area contributed by atoms with E-state index in [9.17, 15) is 0 Å². The average molecular weight is 297 g/mol. The van der Waals surface area contributed by atoms with Crippen molar-refractivity contribution < 1.29 is 0 Å². The lowest BCUT2D eigenvalue weighted by Crippen LogP contribution is -2.11. The predicted molar refractivity (Wildman–Crippen MR) is 98.9 cm³/mol. The molecule has 0 amide bonds. The minimum absolute atomic E-state index is 0.959. The molecule has 0 nitrogen and oxygen atoms in total. The highest BCUT2D eigenvalue weighted by atomic mass is 14.2. The van der Waals surface area contributed by atoms with Crippen LogP contribution in [-0.2, 0) is 0 Å². The number of hydrogen-bond donors (Lipinski definition) is 0. The normalized spacial score (nSPS) is 14.3. The van der Waals surface area contributed by atoms with Crippen molar-refractivity contribution in [3.8, 4) is 0 Å². The van der Waals surface area contributed by atoms with Crippen LogP contribution >= 0.6 is 0 Å². The van der Waals surface area contributed by atoms with Crippen molar-refractivity contribution in [1.29, 1.82) is 0 Å². The monoisotopic (exact) mass is 296 g/mol. The lowest BCUT2D eigenvalue weighted by atomic mass is 9.83. The zero-order chi connectivity index (χ0) is 15.8. The molecular formula is C21H44. The lowest BCUT2D eigenvalue weighted by molar-refractivity contribution is 0.282. The van der Waals surface area contributed by atoms with Gasteiger partial charge in [-0.15, -0.1) is 0 Å². The quantitative estimate of drug-likeness (QED) is 0.252. The van der Waals surface area contributed by atoms with Crippen molar-refractivity contribution >= 4 is 0 Å². The van der Waals surface area contributed by atoms with Crippen LogP contribution in [0.25, 0.3) is 0 Å². The van der Waals surface area contributed by atoms with E-state index in [1.165, 1.54) is 96.3 Å². The van der Waals surface area contributed by atoms with E-state index in [-0.39, 0.29) is 0 Å². The summed E-state index contributed by atoms with van der Waals surface area (Å²) in [6.45, 7) is 9.49. The Morgan fingerprint density at radius 1 is 0.476 bits per heavy atom. The first-order valence-electron chi connectivity index (χ1n) is 10.3. The third kappa shape index (κ3) is 13.4. The third-order valence-electron chi connectivity index (χ3n) is 5.16. The summed E-state index contributed by atoms with van der Waals surface area (Å²) in [5.74, 6) is 1.96. The molecule has 0 radical (unpaired) electrons. The summed E-state index contributed by atoms with van der Waals surface area (Å²) >= 11 is 0. The van der Waals surface area contributed by atoms with Gasteiger partial charge in [-0.1, -0.05) is 124 Å². The Morgan fingerprint density at radius 3 is 1.52 bits per heavy atom. The second kappa shape index (κ2) is 16.4. The Balaban J connectivity index is 3.50. The minimum Gasteiger partial charge on any atom is -0.0654 e. The SMILES string of the molecule is CCCCCCCCCCCC(C)C(CCC)CCCC. The standard InChI is InChI=1S/C21H44/c1-5-8-10-11-12-13-14-15-16-18-20(4)21(17-7-3)19-9-6-2/h20-21H,5-19H2,1-4H3. The van der Waals surface area contributed by atoms with Gasteiger partial charge in [0.2, 0.25) is 0 Å². The zero-order valence-electron chi connectivity index (χ0n) is 15.8. The highest BCUT2D eigenvalue weighted by Crippen LogP contribution is 2.27. The van der Waals surface area contributed by atoms with Gasteiger partial charge in [-0.2, -0.15) is 0 Å². The Bertz CT molecular complexity index is 184. The summed E-state index contributed by atoms with van der Waals surface area (Å²) in [4.78, 5) is 0. The van der Waals surface area contributed by atoms with Crippen molar-refractivity contribution in [1.82, 2.24) is 0 Å². The Labute approximate surface area is 136 Å². The molecule has 128 valence electrons. The molecule has 0 bridgehead atoms. The summed E-state index contributed by atoms with van der Waals surface area (Å²) in [7, 11) is 0. The van der Waals surface area contributed by atoms with E-state index in [2.05, 4.69) is 27.7 Å². The van der Waals surface area contributed by atoms with Crippen molar-refractivity contribution in [2.75, 3.05) is 0 Å². The van der Waals surface area contributed by atoms with Gasteiger partial charge in [-0.3, -0.25) is 0 Å². The van der Waals surface area contributed by atoms with E-state index in [1.54, 1.807) is 0 Å². The maximum atomic E-state index is 2.51. The summed E-state index contributed by atoms with van der Waals surface area (Å²) in [5, 5.41) is 0. The van der Waals surface area contributed by atoms with Crippen molar-refractivity contribution in [3.05, 3.63) is 0 Å². The maximum Gasteiger partial charge on any atom is -0.0389 e. The Kier molecular flexibility index (Phi) is 16.4. The van der Waals surface area contributed by atoms with Crippen molar-refractivity contribution in [2.24, 2.45) is 11.8 Å². The molecule has 0 heterocycles. The molecule has 0 saturated carbocycles. The highest BCUT2D eigenvalue weighted by molar-refractivity contribution is 4.67. The van der Waals surface area contributed by atoms with E-state index in [0.717, 1.165) is 11.8 Å². The molecule has 0 aromatic carbocycles. The van der Waals surface area contributed by atoms with Crippen LogP contribution in [0, 0.1) is 11.8 Å². The summed E-state index contributed by atoms with van der Waals surface area (Å²) in [6.07, 6.45) is 21.7. The van der Waals surface area contributed by atoms with Gasteiger partial charge < -0.3 is 0 Å². The molecule has 0 heteroatoms. The highest BCUT2D eigenvalue weighted by Gasteiger charge is 2.15. The molecule has 0 fully saturated rings. The van der Waals surface area contributed by atoms with Crippen molar-refractivity contribution in [2.45, 2.75) is 124 Å². The predicted octanol–water partition coefficient (Wildman–Crippen LogP) is 8.15. The van der Waals surface area contributed by atoms with Gasteiger partial charge in [0.05, 0.1) is 0 Å². The summed E-state index contributed by atoms with van der Waals surface area (Å²) < 4.78 is 0. The first-order chi connectivity index (χ1) is 10.3. The van der Waals surface area contributed by atoms with Gasteiger partial charge in [0.1, 0.15) is 0 Å². The van der Waals surface area contributed by atoms with Gasteiger partial charge in [-0.05, 0) is 11.8 Å². The maximum absolute atomic E-state index is 2.51. The molecular weight excluding hydrogens is 252 g/mol. The number of rotatable bonds is 16. The smallest absolute Gasteiger partial charge is 0.0389 e. The first-order valence-corrected chi connectivity index (χ1v) is 10.3. The van der Waals surface area contributed by atoms with E-state index in [0.29, 0.717) is 0 Å². The molecule has 0 aromatic rings. The van der Waals surface area contributed by atoms with Gasteiger partial charge in [0.25, 0.3) is 0 Å². The molecule has 0 saturated heterocycles. The molecule has 21 heavy (non-hydrogen) atoms. The molecule has 0 rings (SSSR count). The fourth-order valence-electron chi connectivity index (χ4n) is 3.56. The topological polar surface area (TPSA) is 0 Å². The van der Waals surface area contributed by atoms with Crippen LogP contribution in [0.4, 0.5) is 0 Å². The van der Waals surface area contributed by atoms with Crippen LogP contribution < -0.4 is 0 Å². The second-order valence-corrected chi connectivity index (χ2v) is 7.29. The van der Waals surface area contributed by atoms with Crippen molar-refractivity contribution in [3.63, 3.8) is 0 Å². The Morgan fingerprint density at radius 2 is 1.00 bits per heavy atom. The van der Waals surface area contributed by atoms with Crippen LogP contribution in [0.5, 0.6) is 0 Å². The minimum atomic E-state index is 0.959. The largest absolute Gasteiger partial charge is 0.0654 e. The molecule has 0 N–H and O–H groups in total. The van der Waals surface area contributed by atoms with Crippen LogP contribution in [0.1, 0.15) is 124 Å². The third-order valence-corrected chi connectivity index (χ3v) is 5.16. The fourth-order valence-corrected chi connectivity index (χ4v) is 3.56. The van der Waals surface area contributed by atoms with E-state index >= 15 is 0 Å². The van der Waals surface area contributed by atoms with Gasteiger partial charge in [0, 0.05) is 0 Å². The van der Waals surface area contributed by atoms with Crippen LogP contribution in [0.2, 0.25) is 0 Å². The van der Waals surface area contributed by atoms with Crippen LogP contribution in [0.15, 0.2) is 0 Å². The zero-order valence-corrected chi connectivity index (χ0v) is 15.8. The molecule has 2 unspecified atom stereocenters.